The Labute approximate surface area is 117 Å². The molecule has 3 rings (SSSR count). The molecule has 0 radical (unpaired) electrons. The van der Waals surface area contributed by atoms with Crippen molar-refractivity contribution in [3.63, 3.8) is 0 Å². The number of hydrogen-bond acceptors (Lipinski definition) is 5. The topological polar surface area (TPSA) is 61.2 Å². The molecule has 1 N–H and O–H groups in total. The molecule has 0 amide bonds. The van der Waals surface area contributed by atoms with Gasteiger partial charge in [-0.05, 0) is 25.0 Å². The van der Waals surface area contributed by atoms with Gasteiger partial charge in [-0.15, -0.1) is 10.2 Å². The van der Waals surface area contributed by atoms with Crippen LogP contribution in [-0.2, 0) is 6.54 Å². The van der Waals surface area contributed by atoms with Gasteiger partial charge >= 0.3 is 0 Å². The highest BCUT2D eigenvalue weighted by atomic mass is 16.5. The Balaban J connectivity index is 1.72. The number of nitrogens with one attached hydrogen (secondary N) is 1. The van der Waals surface area contributed by atoms with E-state index < -0.39 is 0 Å². The molecule has 2 aromatic rings. The predicted molar refractivity (Wildman–Crippen MR) is 75.2 cm³/mol. The van der Waals surface area contributed by atoms with E-state index in [1.807, 2.05) is 18.2 Å². The lowest BCUT2D eigenvalue weighted by atomic mass is 10.2. The van der Waals surface area contributed by atoms with Crippen molar-refractivity contribution in [2.45, 2.75) is 25.4 Å². The zero-order chi connectivity index (χ0) is 13.9. The van der Waals surface area contributed by atoms with Crippen LogP contribution in [0.4, 0.5) is 5.95 Å². The van der Waals surface area contributed by atoms with Gasteiger partial charge in [0.2, 0.25) is 5.95 Å². The lowest BCUT2D eigenvalue weighted by Crippen LogP contribution is -2.07. The van der Waals surface area contributed by atoms with Gasteiger partial charge in [0.15, 0.2) is 0 Å². The summed E-state index contributed by atoms with van der Waals surface area (Å²) in [6.07, 6.45) is 4.20. The van der Waals surface area contributed by atoms with Crippen LogP contribution in [0.25, 0.3) is 0 Å². The van der Waals surface area contributed by atoms with Crippen molar-refractivity contribution in [3.05, 3.63) is 30.1 Å². The van der Waals surface area contributed by atoms with Crippen molar-refractivity contribution in [1.82, 2.24) is 14.8 Å². The first-order chi connectivity index (χ1) is 9.81. The average molecular weight is 274 g/mol. The summed E-state index contributed by atoms with van der Waals surface area (Å²) < 4.78 is 12.7. The molecule has 0 saturated heterocycles. The normalized spacial score (nSPS) is 14.1. The molecule has 1 aliphatic rings. The van der Waals surface area contributed by atoms with Gasteiger partial charge in [0.1, 0.15) is 17.8 Å². The number of aromatic nitrogens is 3. The number of anilines is 1. The van der Waals surface area contributed by atoms with Crippen LogP contribution < -0.4 is 14.8 Å². The Morgan fingerprint density at radius 1 is 1.30 bits per heavy atom. The van der Waals surface area contributed by atoms with E-state index >= 15 is 0 Å². The molecule has 6 nitrogen and oxygen atoms in total. The highest BCUT2D eigenvalue weighted by Gasteiger charge is 2.26. The molecule has 20 heavy (non-hydrogen) atoms. The minimum absolute atomic E-state index is 0.560. The second-order valence-electron chi connectivity index (χ2n) is 4.82. The number of ether oxygens (including phenoxy) is 2. The Morgan fingerprint density at radius 3 is 2.85 bits per heavy atom. The zero-order valence-corrected chi connectivity index (χ0v) is 11.7. The van der Waals surface area contributed by atoms with Gasteiger partial charge in [-0.25, -0.2) is 0 Å². The Morgan fingerprint density at radius 2 is 2.15 bits per heavy atom. The summed E-state index contributed by atoms with van der Waals surface area (Å²) in [4.78, 5) is 0. The van der Waals surface area contributed by atoms with Crippen LogP contribution in [-0.4, -0.2) is 29.0 Å². The van der Waals surface area contributed by atoms with Crippen molar-refractivity contribution in [2.24, 2.45) is 0 Å². The van der Waals surface area contributed by atoms with Crippen LogP contribution >= 0.6 is 0 Å². The quantitative estimate of drug-likeness (QED) is 0.875. The molecule has 6 heteroatoms. The predicted octanol–water partition coefficient (Wildman–Crippen LogP) is 2.24. The maximum Gasteiger partial charge on any atom is 0.224 e. The third kappa shape index (κ3) is 2.54. The third-order valence-corrected chi connectivity index (χ3v) is 3.44. The highest BCUT2D eigenvalue weighted by molar-refractivity contribution is 5.42. The van der Waals surface area contributed by atoms with E-state index in [0.717, 1.165) is 23.0 Å². The monoisotopic (exact) mass is 274 g/mol. The number of hydrogen-bond donors (Lipinski definition) is 1. The molecule has 0 aliphatic heterocycles. The molecular formula is C14H18N4O2. The molecule has 1 aliphatic carbocycles. The van der Waals surface area contributed by atoms with Crippen LogP contribution in [0.3, 0.4) is 0 Å². The van der Waals surface area contributed by atoms with Crippen molar-refractivity contribution < 1.29 is 9.47 Å². The molecule has 106 valence electrons. The number of benzene rings is 1. The van der Waals surface area contributed by atoms with E-state index in [1.54, 1.807) is 20.5 Å². The maximum atomic E-state index is 5.38. The summed E-state index contributed by atoms with van der Waals surface area (Å²) in [7, 11) is 3.30. The highest BCUT2D eigenvalue weighted by Crippen LogP contribution is 2.36. The Kier molecular flexibility index (Phi) is 3.45. The fourth-order valence-corrected chi connectivity index (χ4v) is 2.16. The zero-order valence-electron chi connectivity index (χ0n) is 11.7. The lowest BCUT2D eigenvalue weighted by molar-refractivity contribution is 0.391. The smallest absolute Gasteiger partial charge is 0.224 e. The molecule has 1 aromatic carbocycles. The molecule has 0 spiro atoms. The largest absolute Gasteiger partial charge is 0.497 e. The summed E-state index contributed by atoms with van der Waals surface area (Å²) in [6, 6.07) is 6.35. The molecule has 0 atom stereocenters. The van der Waals surface area contributed by atoms with Gasteiger partial charge in [0.25, 0.3) is 0 Å². The van der Waals surface area contributed by atoms with Gasteiger partial charge < -0.3 is 14.8 Å². The second kappa shape index (κ2) is 5.40. The van der Waals surface area contributed by atoms with Crippen molar-refractivity contribution in [3.8, 4) is 11.5 Å². The van der Waals surface area contributed by atoms with Crippen LogP contribution in [0.2, 0.25) is 0 Å². The number of nitrogens with zero attached hydrogens (tertiary/aromatic N) is 3. The maximum absolute atomic E-state index is 5.38. The molecule has 0 unspecified atom stereocenters. The summed E-state index contributed by atoms with van der Waals surface area (Å²) in [5.41, 5.74) is 1.05. The first kappa shape index (κ1) is 12.8. The van der Waals surface area contributed by atoms with Gasteiger partial charge in [0.05, 0.1) is 14.2 Å². The number of methoxy groups -OCH3 is 2. The van der Waals surface area contributed by atoms with E-state index in [9.17, 15) is 0 Å². The molecular weight excluding hydrogens is 256 g/mol. The lowest BCUT2D eigenvalue weighted by Gasteiger charge is -2.12. The Bertz CT molecular complexity index is 593. The fourth-order valence-electron chi connectivity index (χ4n) is 2.16. The molecule has 1 saturated carbocycles. The van der Waals surface area contributed by atoms with E-state index in [0.29, 0.717) is 12.6 Å². The Hall–Kier alpha value is -2.24. The van der Waals surface area contributed by atoms with Gasteiger partial charge in [-0.3, -0.25) is 4.57 Å². The standard InChI is InChI=1S/C14H18N4O2/c1-19-12-6-3-10(13(7-12)20-2)8-15-14-17-16-9-18(14)11-4-5-11/h3,6-7,9,11H,4-5,8H2,1-2H3,(H,15,17). The van der Waals surface area contributed by atoms with Crippen molar-refractivity contribution in [2.75, 3.05) is 19.5 Å². The number of rotatable bonds is 6. The van der Waals surface area contributed by atoms with Gasteiger partial charge in [0, 0.05) is 24.2 Å². The van der Waals surface area contributed by atoms with Gasteiger partial charge in [-0.1, -0.05) is 0 Å². The summed E-state index contributed by atoms with van der Waals surface area (Å²) in [5, 5.41) is 11.4. The first-order valence-corrected chi connectivity index (χ1v) is 6.66. The van der Waals surface area contributed by atoms with Gasteiger partial charge in [-0.2, -0.15) is 0 Å². The SMILES string of the molecule is COc1ccc(CNc2nncn2C2CC2)c(OC)c1. The second-order valence-corrected chi connectivity index (χ2v) is 4.82. The van der Waals surface area contributed by atoms with Crippen LogP contribution in [0.5, 0.6) is 11.5 Å². The summed E-state index contributed by atoms with van der Waals surface area (Å²) in [6.45, 7) is 0.637. The summed E-state index contributed by atoms with van der Waals surface area (Å²) in [5.74, 6) is 2.39. The molecule has 1 aromatic heterocycles. The van der Waals surface area contributed by atoms with Crippen molar-refractivity contribution >= 4 is 5.95 Å². The molecule has 1 heterocycles. The van der Waals surface area contributed by atoms with Crippen molar-refractivity contribution in [1.29, 1.82) is 0 Å². The first-order valence-electron chi connectivity index (χ1n) is 6.66. The summed E-state index contributed by atoms with van der Waals surface area (Å²) >= 11 is 0. The van der Waals surface area contributed by atoms with E-state index in [-0.39, 0.29) is 0 Å². The van der Waals surface area contributed by atoms with Crippen LogP contribution in [0, 0.1) is 0 Å². The average Bonchev–Trinajstić information content (AvgIpc) is 3.23. The fraction of sp³-hybridized carbons (Fsp3) is 0.429. The van der Waals surface area contributed by atoms with Crippen LogP contribution in [0.1, 0.15) is 24.4 Å². The van der Waals surface area contributed by atoms with E-state index in [2.05, 4.69) is 20.1 Å². The minimum Gasteiger partial charge on any atom is -0.497 e. The molecule has 1 fully saturated rings. The van der Waals surface area contributed by atoms with Crippen LogP contribution in [0.15, 0.2) is 24.5 Å². The van der Waals surface area contributed by atoms with E-state index in [1.165, 1.54) is 12.8 Å². The molecule has 0 bridgehead atoms. The minimum atomic E-state index is 0.560. The van der Waals surface area contributed by atoms with E-state index in [4.69, 9.17) is 9.47 Å². The third-order valence-electron chi connectivity index (χ3n) is 3.44.